The van der Waals surface area contributed by atoms with E-state index in [9.17, 15) is 13.2 Å². The van der Waals surface area contributed by atoms with E-state index >= 15 is 0 Å². The van der Waals surface area contributed by atoms with Gasteiger partial charge in [-0.3, -0.25) is 0 Å². The first-order valence-electron chi connectivity index (χ1n) is 7.32. The summed E-state index contributed by atoms with van der Waals surface area (Å²) in [6.45, 7) is 5.51. The third-order valence-electron chi connectivity index (χ3n) is 3.90. The molecule has 0 saturated carbocycles. The first-order valence-corrected chi connectivity index (χ1v) is 7.32. The van der Waals surface area contributed by atoms with Crippen LogP contribution in [0.4, 0.5) is 13.2 Å². The van der Waals surface area contributed by atoms with Crippen LogP contribution in [0.15, 0.2) is 28.8 Å². The van der Waals surface area contributed by atoms with Gasteiger partial charge in [-0.15, -0.1) is 12.4 Å². The van der Waals surface area contributed by atoms with E-state index in [1.54, 1.807) is 19.9 Å². The van der Waals surface area contributed by atoms with Gasteiger partial charge in [0.25, 0.3) is 0 Å². The van der Waals surface area contributed by atoms with E-state index in [4.69, 9.17) is 4.52 Å². The van der Waals surface area contributed by atoms with Crippen LogP contribution in [0.25, 0.3) is 0 Å². The predicted octanol–water partition coefficient (Wildman–Crippen LogP) is 3.99. The lowest BCUT2D eigenvalue weighted by Crippen LogP contribution is -2.24. The summed E-state index contributed by atoms with van der Waals surface area (Å²) >= 11 is 0. The molecule has 8 heteroatoms. The minimum atomic E-state index is -4.38. The Morgan fingerprint density at radius 2 is 1.83 bits per heavy atom. The molecule has 1 aromatic heterocycles. The van der Waals surface area contributed by atoms with Crippen LogP contribution >= 0.6 is 12.4 Å². The summed E-state index contributed by atoms with van der Waals surface area (Å²) in [4.78, 5) is 4.34. The Hall–Kier alpha value is -1.60. The smallest absolute Gasteiger partial charge is 0.338 e. The second-order valence-electron chi connectivity index (χ2n) is 6.11. The quantitative estimate of drug-likeness (QED) is 0.872. The van der Waals surface area contributed by atoms with Gasteiger partial charge in [0.05, 0.1) is 11.0 Å². The minimum absolute atomic E-state index is 0. The average Bonchev–Trinajstić information content (AvgIpc) is 2.95. The van der Waals surface area contributed by atoms with E-state index in [2.05, 4.69) is 15.5 Å². The van der Waals surface area contributed by atoms with Crippen LogP contribution in [0.3, 0.4) is 0 Å². The van der Waals surface area contributed by atoms with Crippen molar-refractivity contribution in [2.24, 2.45) is 0 Å². The van der Waals surface area contributed by atoms with Gasteiger partial charge in [0.15, 0.2) is 5.82 Å². The van der Waals surface area contributed by atoms with Crippen molar-refractivity contribution in [2.75, 3.05) is 7.05 Å². The maximum atomic E-state index is 12.9. The molecule has 1 N–H and O–H groups in total. The van der Waals surface area contributed by atoms with Crippen LogP contribution < -0.4 is 5.32 Å². The Morgan fingerprint density at radius 3 is 2.42 bits per heavy atom. The SMILES string of the molecule is CNC(C)Cc1noc(C(C)(C)c2cccc(C(F)(F)F)c2)n1.Cl. The zero-order valence-corrected chi connectivity index (χ0v) is 14.8. The van der Waals surface area contributed by atoms with E-state index in [0.29, 0.717) is 23.7 Å². The standard InChI is InChI=1S/C16H20F3N3O.ClH/c1-10(20-4)8-13-21-14(23-22-13)15(2,3)11-6-5-7-12(9-11)16(17,18)19;/h5-7,9-10,20H,8H2,1-4H3;1H. The lowest BCUT2D eigenvalue weighted by atomic mass is 9.83. The molecule has 0 aliphatic carbocycles. The number of likely N-dealkylation sites (N-methyl/N-ethyl adjacent to an activating group) is 1. The molecular formula is C16H21ClF3N3O. The number of alkyl halides is 3. The fraction of sp³-hybridized carbons (Fsp3) is 0.500. The fourth-order valence-corrected chi connectivity index (χ4v) is 2.17. The minimum Gasteiger partial charge on any atom is -0.338 e. The van der Waals surface area contributed by atoms with E-state index < -0.39 is 17.2 Å². The van der Waals surface area contributed by atoms with Crippen molar-refractivity contribution in [1.29, 1.82) is 0 Å². The molecule has 0 bridgehead atoms. The Labute approximate surface area is 145 Å². The second-order valence-corrected chi connectivity index (χ2v) is 6.11. The first kappa shape index (κ1) is 20.4. The first-order chi connectivity index (χ1) is 10.6. The summed E-state index contributed by atoms with van der Waals surface area (Å²) in [5.41, 5.74) is -1.02. The normalized spacial score (nSPS) is 13.5. The number of halogens is 4. The number of rotatable bonds is 5. The van der Waals surface area contributed by atoms with Gasteiger partial charge in [0, 0.05) is 12.5 Å². The lowest BCUT2D eigenvalue weighted by Gasteiger charge is -2.21. The van der Waals surface area contributed by atoms with Gasteiger partial charge in [-0.25, -0.2) is 0 Å². The van der Waals surface area contributed by atoms with Crippen molar-refractivity contribution in [3.05, 3.63) is 47.1 Å². The highest BCUT2D eigenvalue weighted by atomic mass is 35.5. The van der Waals surface area contributed by atoms with Crippen molar-refractivity contribution < 1.29 is 17.7 Å². The molecule has 0 spiro atoms. The molecule has 134 valence electrons. The van der Waals surface area contributed by atoms with Gasteiger partial charge in [-0.05, 0) is 39.4 Å². The monoisotopic (exact) mass is 363 g/mol. The number of hydrogen-bond acceptors (Lipinski definition) is 4. The zero-order chi connectivity index (χ0) is 17.3. The molecule has 4 nitrogen and oxygen atoms in total. The number of hydrogen-bond donors (Lipinski definition) is 1. The number of nitrogens with one attached hydrogen (secondary N) is 1. The van der Waals surface area contributed by atoms with E-state index in [0.717, 1.165) is 12.1 Å². The molecule has 0 amide bonds. The van der Waals surface area contributed by atoms with Crippen LogP contribution in [0.1, 0.15) is 43.6 Å². The third-order valence-corrected chi connectivity index (χ3v) is 3.90. The Bertz CT molecular complexity index is 671. The maximum Gasteiger partial charge on any atom is 0.416 e. The summed E-state index contributed by atoms with van der Waals surface area (Å²) in [6, 6.07) is 5.38. The summed E-state index contributed by atoms with van der Waals surface area (Å²) in [7, 11) is 1.83. The molecule has 1 aromatic carbocycles. The molecule has 1 atom stereocenters. The summed E-state index contributed by atoms with van der Waals surface area (Å²) in [5.74, 6) is 0.831. The van der Waals surface area contributed by atoms with Gasteiger partial charge in [0.2, 0.25) is 5.89 Å². The third kappa shape index (κ3) is 4.48. The topological polar surface area (TPSA) is 51.0 Å². The molecule has 1 heterocycles. The van der Waals surface area contributed by atoms with E-state index in [1.807, 2.05) is 14.0 Å². The Morgan fingerprint density at radius 1 is 1.21 bits per heavy atom. The van der Waals surface area contributed by atoms with Gasteiger partial charge in [-0.2, -0.15) is 18.2 Å². The van der Waals surface area contributed by atoms with Gasteiger partial charge >= 0.3 is 6.18 Å². The van der Waals surface area contributed by atoms with Gasteiger partial charge in [0.1, 0.15) is 0 Å². The van der Waals surface area contributed by atoms with Crippen molar-refractivity contribution in [3.8, 4) is 0 Å². The zero-order valence-electron chi connectivity index (χ0n) is 13.9. The highest BCUT2D eigenvalue weighted by molar-refractivity contribution is 5.85. The Kier molecular flexibility index (Phi) is 6.41. The molecule has 0 aliphatic rings. The Balaban J connectivity index is 0.00000288. The van der Waals surface area contributed by atoms with Crippen molar-refractivity contribution in [2.45, 2.75) is 44.8 Å². The van der Waals surface area contributed by atoms with Crippen LogP contribution in [0.2, 0.25) is 0 Å². The lowest BCUT2D eigenvalue weighted by molar-refractivity contribution is -0.137. The molecule has 24 heavy (non-hydrogen) atoms. The average molecular weight is 364 g/mol. The highest BCUT2D eigenvalue weighted by Gasteiger charge is 2.34. The molecule has 0 aliphatic heterocycles. The molecule has 0 saturated heterocycles. The molecule has 2 aromatic rings. The van der Waals surface area contributed by atoms with Crippen LogP contribution in [-0.2, 0) is 18.0 Å². The number of benzene rings is 1. The molecular weight excluding hydrogens is 343 g/mol. The van der Waals surface area contributed by atoms with Crippen LogP contribution in [0, 0.1) is 0 Å². The van der Waals surface area contributed by atoms with Crippen molar-refractivity contribution in [3.63, 3.8) is 0 Å². The maximum absolute atomic E-state index is 12.9. The molecule has 0 fully saturated rings. The van der Waals surface area contributed by atoms with Gasteiger partial charge in [-0.1, -0.05) is 23.4 Å². The largest absolute Gasteiger partial charge is 0.416 e. The number of nitrogens with zero attached hydrogens (tertiary/aromatic N) is 2. The number of aromatic nitrogens is 2. The van der Waals surface area contributed by atoms with Crippen molar-refractivity contribution >= 4 is 12.4 Å². The molecule has 0 radical (unpaired) electrons. The fourth-order valence-electron chi connectivity index (χ4n) is 2.17. The summed E-state index contributed by atoms with van der Waals surface area (Å²) in [6.07, 6.45) is -3.80. The van der Waals surface area contributed by atoms with Crippen LogP contribution in [0.5, 0.6) is 0 Å². The predicted molar refractivity (Wildman–Crippen MR) is 87.3 cm³/mol. The van der Waals surface area contributed by atoms with E-state index in [1.165, 1.54) is 6.07 Å². The summed E-state index contributed by atoms with van der Waals surface area (Å²) < 4.78 is 43.9. The summed E-state index contributed by atoms with van der Waals surface area (Å²) in [5, 5.41) is 6.99. The van der Waals surface area contributed by atoms with Crippen molar-refractivity contribution in [1.82, 2.24) is 15.5 Å². The molecule has 1 unspecified atom stereocenters. The van der Waals surface area contributed by atoms with Gasteiger partial charge < -0.3 is 9.84 Å². The van der Waals surface area contributed by atoms with Crippen LogP contribution in [-0.4, -0.2) is 23.2 Å². The molecule has 2 rings (SSSR count). The van der Waals surface area contributed by atoms with E-state index in [-0.39, 0.29) is 18.4 Å². The highest BCUT2D eigenvalue weighted by Crippen LogP contribution is 2.35. The second kappa shape index (κ2) is 7.53.